The first kappa shape index (κ1) is 11.2. The molecule has 0 aliphatic heterocycles. The maximum atomic E-state index is 11.4. The Morgan fingerprint density at radius 2 is 2.19 bits per heavy atom. The van der Waals surface area contributed by atoms with E-state index in [2.05, 4.69) is 4.98 Å². The van der Waals surface area contributed by atoms with Gasteiger partial charge in [0.25, 0.3) is 0 Å². The number of hydrogen-bond donors (Lipinski definition) is 1. The van der Waals surface area contributed by atoms with E-state index in [1.807, 2.05) is 24.3 Å². The van der Waals surface area contributed by atoms with Crippen molar-refractivity contribution in [3.8, 4) is 0 Å². The highest BCUT2D eigenvalue weighted by Crippen LogP contribution is 2.22. The van der Waals surface area contributed by atoms with Gasteiger partial charge in [0.15, 0.2) is 0 Å². The van der Waals surface area contributed by atoms with E-state index in [1.165, 1.54) is 11.3 Å². The van der Waals surface area contributed by atoms with Crippen molar-refractivity contribution in [2.45, 2.75) is 5.75 Å². The number of thiazole rings is 1. The summed E-state index contributed by atoms with van der Waals surface area (Å²) >= 11 is 1.46. The molecule has 0 aliphatic rings. The number of carbonyl (C=O) groups is 1. The number of benzene rings is 1. The van der Waals surface area contributed by atoms with E-state index in [9.17, 15) is 9.00 Å². The zero-order valence-corrected chi connectivity index (χ0v) is 9.88. The van der Waals surface area contributed by atoms with Crippen LogP contribution in [0.1, 0.15) is 5.01 Å². The van der Waals surface area contributed by atoms with Gasteiger partial charge in [-0.1, -0.05) is 12.1 Å². The minimum Gasteiger partial charge on any atom is -0.481 e. The first-order valence-corrected chi connectivity index (χ1v) is 6.87. The molecule has 84 valence electrons. The zero-order valence-electron chi connectivity index (χ0n) is 8.25. The SMILES string of the molecule is O=C(O)CS(=O)Cc1nc2ccccc2s1. The standard InChI is InChI=1S/C10H9NO3S2/c12-10(13)6-16(14)5-9-11-7-3-1-2-4-8(7)15-9/h1-4H,5-6H2,(H,12,13). The molecular weight excluding hydrogens is 246 g/mol. The van der Waals surface area contributed by atoms with Crippen molar-refractivity contribution in [1.82, 2.24) is 4.98 Å². The van der Waals surface area contributed by atoms with Crippen LogP contribution in [0, 0.1) is 0 Å². The second-order valence-electron chi connectivity index (χ2n) is 3.20. The molecule has 0 fully saturated rings. The van der Waals surface area contributed by atoms with Crippen LogP contribution >= 0.6 is 11.3 Å². The molecule has 0 spiro atoms. The van der Waals surface area contributed by atoms with Gasteiger partial charge < -0.3 is 5.11 Å². The van der Waals surface area contributed by atoms with Crippen LogP contribution in [0.4, 0.5) is 0 Å². The van der Waals surface area contributed by atoms with Gasteiger partial charge in [-0.25, -0.2) is 4.98 Å². The predicted octanol–water partition coefficient (Wildman–Crippen LogP) is 1.63. The smallest absolute Gasteiger partial charge is 0.316 e. The lowest BCUT2D eigenvalue weighted by Crippen LogP contribution is -2.10. The molecule has 1 N–H and O–H groups in total. The number of hydrogen-bond acceptors (Lipinski definition) is 4. The molecule has 16 heavy (non-hydrogen) atoms. The second kappa shape index (κ2) is 4.71. The Morgan fingerprint density at radius 1 is 1.44 bits per heavy atom. The fourth-order valence-electron chi connectivity index (χ4n) is 1.31. The van der Waals surface area contributed by atoms with Crippen LogP contribution in [0.5, 0.6) is 0 Å². The summed E-state index contributed by atoms with van der Waals surface area (Å²) in [4.78, 5) is 14.7. The van der Waals surface area contributed by atoms with Crippen molar-refractivity contribution in [3.05, 3.63) is 29.3 Å². The number of nitrogens with zero attached hydrogens (tertiary/aromatic N) is 1. The maximum Gasteiger partial charge on any atom is 0.316 e. The number of carboxylic acid groups (broad SMARTS) is 1. The predicted molar refractivity (Wildman–Crippen MR) is 64.0 cm³/mol. The Morgan fingerprint density at radius 3 is 2.88 bits per heavy atom. The van der Waals surface area contributed by atoms with E-state index >= 15 is 0 Å². The van der Waals surface area contributed by atoms with Gasteiger partial charge in [0.2, 0.25) is 0 Å². The minimum absolute atomic E-state index is 0.214. The normalized spacial score (nSPS) is 12.8. The highest BCUT2D eigenvalue weighted by atomic mass is 32.2. The summed E-state index contributed by atoms with van der Waals surface area (Å²) in [6.07, 6.45) is 0. The van der Waals surface area contributed by atoms with Crippen LogP contribution in [0.15, 0.2) is 24.3 Å². The van der Waals surface area contributed by atoms with Crippen LogP contribution < -0.4 is 0 Å². The number of aliphatic carboxylic acids is 1. The number of fused-ring (bicyclic) bond motifs is 1. The molecule has 0 amide bonds. The minimum atomic E-state index is -1.38. The fraction of sp³-hybridized carbons (Fsp3) is 0.200. The summed E-state index contributed by atoms with van der Waals surface area (Å²) < 4.78 is 12.4. The molecule has 0 bridgehead atoms. The number of aromatic nitrogens is 1. The number of carboxylic acids is 1. The van der Waals surface area contributed by atoms with Crippen molar-refractivity contribution in [2.24, 2.45) is 0 Å². The third-order valence-corrected chi connectivity index (χ3v) is 4.29. The third-order valence-electron chi connectivity index (χ3n) is 1.91. The molecule has 6 heteroatoms. The fourth-order valence-corrected chi connectivity index (χ4v) is 3.42. The van der Waals surface area contributed by atoms with Crippen LogP contribution in [0.2, 0.25) is 0 Å². The average Bonchev–Trinajstić information content (AvgIpc) is 2.57. The Balaban J connectivity index is 2.15. The highest BCUT2D eigenvalue weighted by Gasteiger charge is 2.10. The van der Waals surface area contributed by atoms with E-state index in [1.54, 1.807) is 0 Å². The monoisotopic (exact) mass is 255 g/mol. The zero-order chi connectivity index (χ0) is 11.5. The van der Waals surface area contributed by atoms with Gasteiger partial charge in [-0.15, -0.1) is 11.3 Å². The molecule has 1 heterocycles. The lowest BCUT2D eigenvalue weighted by molar-refractivity contribution is -0.133. The number of rotatable bonds is 4. The summed E-state index contributed by atoms with van der Waals surface area (Å²) in [7, 11) is -1.38. The third kappa shape index (κ3) is 2.65. The second-order valence-corrected chi connectivity index (χ2v) is 5.77. The molecule has 0 aliphatic carbocycles. The lowest BCUT2D eigenvalue weighted by Gasteiger charge is -1.93. The molecule has 0 radical (unpaired) electrons. The first-order chi connectivity index (χ1) is 7.65. The molecule has 1 atom stereocenters. The Bertz CT molecular complexity index is 517. The van der Waals surface area contributed by atoms with Gasteiger partial charge in [0.1, 0.15) is 10.8 Å². The van der Waals surface area contributed by atoms with E-state index in [4.69, 9.17) is 5.11 Å². The Labute approximate surface area is 98.4 Å². The summed E-state index contributed by atoms with van der Waals surface area (Å²) in [6.45, 7) is 0. The maximum absolute atomic E-state index is 11.4. The number of para-hydroxylation sites is 1. The van der Waals surface area contributed by atoms with Crippen LogP contribution in [0.25, 0.3) is 10.2 Å². The van der Waals surface area contributed by atoms with Gasteiger partial charge >= 0.3 is 5.97 Å². The summed E-state index contributed by atoms with van der Waals surface area (Å²) in [6, 6.07) is 7.63. The van der Waals surface area contributed by atoms with E-state index in [0.29, 0.717) is 0 Å². The summed E-state index contributed by atoms with van der Waals surface area (Å²) in [5, 5.41) is 9.21. The molecule has 0 saturated carbocycles. The lowest BCUT2D eigenvalue weighted by atomic mass is 10.3. The van der Waals surface area contributed by atoms with E-state index in [0.717, 1.165) is 15.2 Å². The van der Waals surface area contributed by atoms with Gasteiger partial charge in [-0.2, -0.15) is 0 Å². The molecule has 0 saturated heterocycles. The van der Waals surface area contributed by atoms with Gasteiger partial charge in [-0.3, -0.25) is 9.00 Å². The topological polar surface area (TPSA) is 67.3 Å². The molecule has 1 aromatic heterocycles. The van der Waals surface area contributed by atoms with E-state index < -0.39 is 16.8 Å². The molecule has 2 aromatic rings. The molecule has 2 rings (SSSR count). The largest absolute Gasteiger partial charge is 0.481 e. The summed E-state index contributed by atoms with van der Waals surface area (Å²) in [5.74, 6) is -1.15. The van der Waals surface area contributed by atoms with Crippen molar-refractivity contribution in [3.63, 3.8) is 0 Å². The quantitative estimate of drug-likeness (QED) is 0.901. The van der Waals surface area contributed by atoms with Gasteiger partial charge in [0, 0.05) is 10.8 Å². The van der Waals surface area contributed by atoms with Gasteiger partial charge in [0.05, 0.1) is 16.0 Å². The molecule has 1 aromatic carbocycles. The van der Waals surface area contributed by atoms with Crippen molar-refractivity contribution < 1.29 is 14.1 Å². The van der Waals surface area contributed by atoms with Crippen molar-refractivity contribution in [2.75, 3.05) is 5.75 Å². The molecular formula is C10H9NO3S2. The van der Waals surface area contributed by atoms with Crippen molar-refractivity contribution >= 4 is 38.3 Å². The Kier molecular flexibility index (Phi) is 3.31. The van der Waals surface area contributed by atoms with E-state index in [-0.39, 0.29) is 11.5 Å². The average molecular weight is 255 g/mol. The van der Waals surface area contributed by atoms with Gasteiger partial charge in [-0.05, 0) is 12.1 Å². The first-order valence-electron chi connectivity index (χ1n) is 4.56. The van der Waals surface area contributed by atoms with Crippen molar-refractivity contribution in [1.29, 1.82) is 0 Å². The van der Waals surface area contributed by atoms with Crippen LogP contribution in [-0.2, 0) is 21.3 Å². The highest BCUT2D eigenvalue weighted by molar-refractivity contribution is 7.85. The molecule has 4 nitrogen and oxygen atoms in total. The van der Waals surface area contributed by atoms with Crippen LogP contribution in [0.3, 0.4) is 0 Å². The summed E-state index contributed by atoms with van der Waals surface area (Å²) in [5.41, 5.74) is 0.870. The Hall–Kier alpha value is -1.27. The molecule has 1 unspecified atom stereocenters. The van der Waals surface area contributed by atoms with Crippen LogP contribution in [-0.4, -0.2) is 26.0 Å².